The van der Waals surface area contributed by atoms with Gasteiger partial charge in [0.2, 0.25) is 0 Å². The summed E-state index contributed by atoms with van der Waals surface area (Å²) >= 11 is 0. The van der Waals surface area contributed by atoms with Crippen LogP contribution in [-0.4, -0.2) is 96.7 Å². The second-order valence-corrected chi connectivity index (χ2v) is 29.5. The zero-order valence-electron chi connectivity index (χ0n) is 58.4. The molecule has 0 radical (unpaired) electrons. The van der Waals surface area contributed by atoms with Gasteiger partial charge in [-0.05, 0) is 37.5 Å². The maximum atomic E-state index is 13.0. The van der Waals surface area contributed by atoms with Crippen LogP contribution in [0.5, 0.6) is 0 Å². The van der Waals surface area contributed by atoms with Crippen molar-refractivity contribution in [2.45, 2.75) is 381 Å². The van der Waals surface area contributed by atoms with Crippen molar-refractivity contribution in [1.82, 2.24) is 0 Å². The normalized spacial score (nSPS) is 14.1. The van der Waals surface area contributed by atoms with Gasteiger partial charge in [-0.3, -0.25) is 37.3 Å². The molecule has 0 fully saturated rings. The van der Waals surface area contributed by atoms with Gasteiger partial charge < -0.3 is 33.8 Å². The Labute approximate surface area is 549 Å². The number of hydrogen-bond acceptors (Lipinski definition) is 15. The molecule has 0 aromatic rings. The molecule has 0 aromatic heterocycles. The van der Waals surface area contributed by atoms with Crippen LogP contribution in [0.15, 0.2) is 0 Å². The average Bonchev–Trinajstić information content (AvgIpc) is 3.69. The minimum atomic E-state index is -4.95. The van der Waals surface area contributed by atoms with Crippen LogP contribution in [0.3, 0.4) is 0 Å². The first kappa shape index (κ1) is 88.1. The quantitative estimate of drug-likeness (QED) is 0.0222. The van der Waals surface area contributed by atoms with Gasteiger partial charge >= 0.3 is 39.5 Å². The third kappa shape index (κ3) is 64.8. The van der Waals surface area contributed by atoms with Crippen molar-refractivity contribution in [3.05, 3.63) is 0 Å². The van der Waals surface area contributed by atoms with Crippen LogP contribution < -0.4 is 0 Å². The van der Waals surface area contributed by atoms with E-state index in [9.17, 15) is 43.2 Å². The second-order valence-electron chi connectivity index (χ2n) is 26.6. The first-order valence-electron chi connectivity index (χ1n) is 37.0. The Balaban J connectivity index is 5.21. The molecule has 0 amide bonds. The van der Waals surface area contributed by atoms with Crippen molar-refractivity contribution < 1.29 is 80.2 Å². The van der Waals surface area contributed by atoms with Crippen LogP contribution in [0.1, 0.15) is 363 Å². The average molecular weight is 1330 g/mol. The fraction of sp³-hybridized carbons (Fsp3) is 0.944. The van der Waals surface area contributed by atoms with Gasteiger partial charge in [-0.25, -0.2) is 9.13 Å². The third-order valence-electron chi connectivity index (χ3n) is 16.5. The van der Waals surface area contributed by atoms with Crippen LogP contribution in [0, 0.1) is 11.8 Å². The highest BCUT2D eigenvalue weighted by Crippen LogP contribution is 2.45. The topological polar surface area (TPSA) is 237 Å². The van der Waals surface area contributed by atoms with E-state index in [4.69, 9.17) is 37.0 Å². The van der Waals surface area contributed by atoms with Gasteiger partial charge in [0.15, 0.2) is 12.2 Å². The van der Waals surface area contributed by atoms with Crippen molar-refractivity contribution >= 4 is 39.5 Å². The van der Waals surface area contributed by atoms with E-state index in [-0.39, 0.29) is 25.7 Å². The molecule has 3 N–H and O–H groups in total. The number of aliphatic hydroxyl groups excluding tert-OH is 1. The maximum Gasteiger partial charge on any atom is 0.472 e. The number of rotatable bonds is 70. The van der Waals surface area contributed by atoms with Crippen molar-refractivity contribution in [2.24, 2.45) is 11.8 Å². The molecule has 19 heteroatoms. The smallest absolute Gasteiger partial charge is 0.462 e. The van der Waals surface area contributed by atoms with Gasteiger partial charge in [0.25, 0.3) is 0 Å². The zero-order chi connectivity index (χ0) is 66.5. The number of phosphoric acid groups is 2. The zero-order valence-corrected chi connectivity index (χ0v) is 60.2. The highest BCUT2D eigenvalue weighted by atomic mass is 31.2. The van der Waals surface area contributed by atoms with Crippen molar-refractivity contribution in [3.8, 4) is 0 Å². The summed E-state index contributed by atoms with van der Waals surface area (Å²) in [7, 11) is -9.90. The molecule has 0 aromatic carbocycles. The number of carbonyl (C=O) groups excluding carboxylic acids is 4. The van der Waals surface area contributed by atoms with Gasteiger partial charge in [0.1, 0.15) is 19.3 Å². The Hall–Kier alpha value is -1.94. The van der Waals surface area contributed by atoms with E-state index in [0.29, 0.717) is 25.7 Å². The number of carbonyl (C=O) groups is 4. The van der Waals surface area contributed by atoms with E-state index in [1.165, 1.54) is 167 Å². The minimum Gasteiger partial charge on any atom is -0.462 e. The number of esters is 4. The summed E-state index contributed by atoms with van der Waals surface area (Å²) in [6.07, 6.45) is 48.6. The Morgan fingerprint density at radius 3 is 0.756 bits per heavy atom. The van der Waals surface area contributed by atoms with Gasteiger partial charge in [0, 0.05) is 25.7 Å². The van der Waals surface area contributed by atoms with Crippen LogP contribution in [-0.2, 0) is 65.4 Å². The summed E-state index contributed by atoms with van der Waals surface area (Å²) in [5.41, 5.74) is 0. The lowest BCUT2D eigenvalue weighted by molar-refractivity contribution is -0.161. The molecule has 0 saturated heterocycles. The molecule has 2 unspecified atom stereocenters. The van der Waals surface area contributed by atoms with Gasteiger partial charge in [-0.15, -0.1) is 0 Å². The van der Waals surface area contributed by atoms with E-state index in [1.54, 1.807) is 0 Å². The van der Waals surface area contributed by atoms with Gasteiger partial charge in [-0.1, -0.05) is 311 Å². The molecule has 0 aliphatic rings. The second kappa shape index (κ2) is 63.1. The highest BCUT2D eigenvalue weighted by molar-refractivity contribution is 7.47. The molecule has 90 heavy (non-hydrogen) atoms. The van der Waals surface area contributed by atoms with Crippen LogP contribution in [0.4, 0.5) is 0 Å². The molecular weight excluding hydrogens is 1190 g/mol. The Morgan fingerprint density at radius 2 is 0.511 bits per heavy atom. The SMILES string of the molecule is CCCCCCCCCCCCCCCC(=O)O[C@H](COC(=O)CCCCCCCCC)COP(=O)(O)OC[C@H](O)COP(=O)(O)OC[C@@H](COC(=O)CCCCCCCCCCCCCC(C)C)OC(=O)CCCCCCCCCCCCCCCC(C)C. The van der Waals surface area contributed by atoms with Crippen molar-refractivity contribution in [1.29, 1.82) is 0 Å². The molecule has 5 atom stereocenters. The van der Waals surface area contributed by atoms with E-state index < -0.39 is 97.5 Å². The molecule has 17 nitrogen and oxygen atoms in total. The molecule has 0 aliphatic carbocycles. The minimum absolute atomic E-state index is 0.107. The maximum absolute atomic E-state index is 13.0. The summed E-state index contributed by atoms with van der Waals surface area (Å²) in [6.45, 7) is 9.54. The summed E-state index contributed by atoms with van der Waals surface area (Å²) in [4.78, 5) is 72.5. The molecule has 0 saturated carbocycles. The number of ether oxygens (including phenoxy) is 4. The lowest BCUT2D eigenvalue weighted by Crippen LogP contribution is -2.30. The highest BCUT2D eigenvalue weighted by Gasteiger charge is 2.30. The molecule has 0 aliphatic heterocycles. The third-order valence-corrected chi connectivity index (χ3v) is 18.4. The monoisotopic (exact) mass is 1320 g/mol. The summed E-state index contributed by atoms with van der Waals surface area (Å²) in [5, 5.41) is 10.6. The number of hydrogen-bond donors (Lipinski definition) is 3. The molecule has 0 heterocycles. The molecule has 0 spiro atoms. The fourth-order valence-electron chi connectivity index (χ4n) is 10.8. The Bertz CT molecular complexity index is 1750. The fourth-order valence-corrected chi connectivity index (χ4v) is 12.3. The predicted molar refractivity (Wildman–Crippen MR) is 363 cm³/mol. The molecule has 0 rings (SSSR count). The lowest BCUT2D eigenvalue weighted by atomic mass is 10.0. The Morgan fingerprint density at radius 1 is 0.300 bits per heavy atom. The van der Waals surface area contributed by atoms with Gasteiger partial charge in [0.05, 0.1) is 26.4 Å². The van der Waals surface area contributed by atoms with Crippen molar-refractivity contribution in [2.75, 3.05) is 39.6 Å². The van der Waals surface area contributed by atoms with Crippen LogP contribution >= 0.6 is 15.6 Å². The van der Waals surface area contributed by atoms with E-state index in [1.807, 2.05) is 0 Å². The van der Waals surface area contributed by atoms with Crippen LogP contribution in [0.25, 0.3) is 0 Å². The summed E-state index contributed by atoms with van der Waals surface area (Å²) in [6, 6.07) is 0. The Kier molecular flexibility index (Phi) is 61.8. The molecule has 0 bridgehead atoms. The number of unbranched alkanes of at least 4 members (excludes halogenated alkanes) is 40. The molecule has 534 valence electrons. The largest absolute Gasteiger partial charge is 0.472 e. The predicted octanol–water partition coefficient (Wildman–Crippen LogP) is 20.4. The first-order valence-corrected chi connectivity index (χ1v) is 40.0. The lowest BCUT2D eigenvalue weighted by Gasteiger charge is -2.21. The van der Waals surface area contributed by atoms with E-state index >= 15 is 0 Å². The van der Waals surface area contributed by atoms with E-state index in [0.717, 1.165) is 115 Å². The summed E-state index contributed by atoms with van der Waals surface area (Å²) < 4.78 is 68.2. The van der Waals surface area contributed by atoms with E-state index in [2.05, 4.69) is 41.5 Å². The summed E-state index contributed by atoms with van der Waals surface area (Å²) in [5.74, 6) is -0.568. The van der Waals surface area contributed by atoms with Crippen molar-refractivity contribution in [3.63, 3.8) is 0 Å². The number of aliphatic hydroxyl groups is 1. The number of phosphoric ester groups is 2. The van der Waals surface area contributed by atoms with Gasteiger partial charge in [-0.2, -0.15) is 0 Å². The first-order chi connectivity index (χ1) is 43.4. The standard InChI is InChI=1S/C71H138O17P2/c1-7-9-11-13-15-16-17-19-25-31-37-43-49-55-70(75)87-66(59-81-68(73)53-47-41-33-14-12-10-8-2)61-85-89(77,78)83-57-65(72)58-84-90(79,80)86-62-67(60-82-69(74)54-48-42-36-30-27-22-24-29-35-40-46-52-64(5)6)88-71(76)56-50-44-38-32-26-21-18-20-23-28-34-39-45-51-63(3)4/h63-67,72H,7-62H2,1-6H3,(H,77,78)(H,79,80)/t65-,66+,67+/m0/s1. The molecular formula is C71H138O17P2. The van der Waals surface area contributed by atoms with Crippen LogP contribution in [0.2, 0.25) is 0 Å².